The second kappa shape index (κ2) is 5.96. The summed E-state index contributed by atoms with van der Waals surface area (Å²) in [6.07, 6.45) is 3.21. The molecule has 1 saturated heterocycles. The standard InChI is InChI=1S/C15H16ClN.C3H7N/c1-17(2)15(16)9-12-7-3-5-11-6-4-8-13(10-15)14(11)12;1-2-4-3-1/h3-8H,9-10H2,1-2H3;4H,1-3H2. The summed E-state index contributed by atoms with van der Waals surface area (Å²) < 4.78 is 0. The molecule has 1 aliphatic heterocycles. The number of hydrogen-bond donors (Lipinski definition) is 1. The van der Waals surface area contributed by atoms with E-state index in [2.05, 4.69) is 60.7 Å². The van der Waals surface area contributed by atoms with E-state index in [1.165, 1.54) is 41.4 Å². The Morgan fingerprint density at radius 2 is 1.48 bits per heavy atom. The van der Waals surface area contributed by atoms with Crippen LogP contribution in [0.1, 0.15) is 17.5 Å². The Bertz CT molecular complexity index is 587. The Morgan fingerprint density at radius 1 is 1.00 bits per heavy atom. The number of nitrogens with one attached hydrogen (secondary N) is 1. The van der Waals surface area contributed by atoms with E-state index in [-0.39, 0.29) is 5.00 Å². The van der Waals surface area contributed by atoms with Gasteiger partial charge in [0.25, 0.3) is 0 Å². The number of likely N-dealkylation sites (N-methyl/N-ethyl adjacent to an activating group) is 1. The van der Waals surface area contributed by atoms with Crippen LogP contribution in [0.3, 0.4) is 0 Å². The normalized spacial score (nSPS) is 18.9. The van der Waals surface area contributed by atoms with Crippen LogP contribution in [0.25, 0.3) is 10.8 Å². The SMILES string of the molecule is C1CNC1.CN(C)C1(Cl)Cc2cccc3cccc(c23)C1. The van der Waals surface area contributed by atoms with Gasteiger partial charge in [0.1, 0.15) is 5.00 Å². The molecule has 1 aliphatic carbocycles. The third-order valence-electron chi connectivity index (χ3n) is 4.51. The van der Waals surface area contributed by atoms with Gasteiger partial charge in [-0.25, -0.2) is 0 Å². The van der Waals surface area contributed by atoms with Crippen molar-refractivity contribution in [1.29, 1.82) is 0 Å². The zero-order chi connectivity index (χ0) is 14.9. The van der Waals surface area contributed by atoms with Crippen molar-refractivity contribution in [3.63, 3.8) is 0 Å². The van der Waals surface area contributed by atoms with Gasteiger partial charge in [-0.05, 0) is 55.5 Å². The molecule has 2 aliphatic rings. The highest BCUT2D eigenvalue weighted by molar-refractivity contribution is 6.24. The molecule has 0 amide bonds. The molecule has 0 bridgehead atoms. The maximum absolute atomic E-state index is 6.75. The van der Waals surface area contributed by atoms with Crippen LogP contribution < -0.4 is 5.32 Å². The molecule has 0 atom stereocenters. The Morgan fingerprint density at radius 3 is 1.86 bits per heavy atom. The van der Waals surface area contributed by atoms with Crippen molar-refractivity contribution >= 4 is 22.4 Å². The van der Waals surface area contributed by atoms with Crippen LogP contribution in [-0.2, 0) is 12.8 Å². The number of alkyl halides is 1. The van der Waals surface area contributed by atoms with Crippen LogP contribution in [0.2, 0.25) is 0 Å². The molecule has 0 spiro atoms. The van der Waals surface area contributed by atoms with E-state index in [4.69, 9.17) is 11.6 Å². The van der Waals surface area contributed by atoms with Gasteiger partial charge in [-0.3, -0.25) is 4.90 Å². The van der Waals surface area contributed by atoms with E-state index in [1.54, 1.807) is 0 Å². The second-order valence-electron chi connectivity index (χ2n) is 6.20. The van der Waals surface area contributed by atoms with Crippen molar-refractivity contribution in [1.82, 2.24) is 10.2 Å². The Kier molecular flexibility index (Phi) is 4.21. The summed E-state index contributed by atoms with van der Waals surface area (Å²) in [5, 5.41) is 5.85. The first kappa shape index (κ1) is 14.8. The number of rotatable bonds is 1. The number of halogens is 1. The van der Waals surface area contributed by atoms with Gasteiger partial charge in [-0.2, -0.15) is 0 Å². The third-order valence-corrected chi connectivity index (χ3v) is 5.11. The molecular formula is C18H23ClN2. The lowest BCUT2D eigenvalue weighted by Gasteiger charge is -2.38. The lowest BCUT2D eigenvalue weighted by molar-refractivity contribution is 0.242. The predicted octanol–water partition coefficient (Wildman–Crippen LogP) is 3.41. The van der Waals surface area contributed by atoms with Crippen molar-refractivity contribution < 1.29 is 0 Å². The molecule has 0 unspecified atom stereocenters. The van der Waals surface area contributed by atoms with E-state index in [0.29, 0.717) is 0 Å². The highest BCUT2D eigenvalue weighted by Gasteiger charge is 2.35. The average molecular weight is 303 g/mol. The molecule has 2 aromatic rings. The van der Waals surface area contributed by atoms with Gasteiger partial charge < -0.3 is 5.32 Å². The molecule has 0 saturated carbocycles. The van der Waals surface area contributed by atoms with Gasteiger partial charge in [-0.1, -0.05) is 36.4 Å². The summed E-state index contributed by atoms with van der Waals surface area (Å²) in [4.78, 5) is 1.85. The Labute approximate surface area is 132 Å². The average Bonchev–Trinajstić information content (AvgIpc) is 2.36. The van der Waals surface area contributed by atoms with Crippen LogP contribution in [0.5, 0.6) is 0 Å². The summed E-state index contributed by atoms with van der Waals surface area (Å²) >= 11 is 6.75. The van der Waals surface area contributed by atoms with Crippen LogP contribution >= 0.6 is 11.6 Å². The zero-order valence-electron chi connectivity index (χ0n) is 12.8. The zero-order valence-corrected chi connectivity index (χ0v) is 13.6. The first-order valence-corrected chi connectivity index (χ1v) is 8.04. The van der Waals surface area contributed by atoms with Gasteiger partial charge >= 0.3 is 0 Å². The molecule has 1 heterocycles. The number of hydrogen-bond acceptors (Lipinski definition) is 2. The van der Waals surface area contributed by atoms with E-state index in [0.717, 1.165) is 12.8 Å². The van der Waals surface area contributed by atoms with Crippen molar-refractivity contribution in [3.8, 4) is 0 Å². The first-order valence-electron chi connectivity index (χ1n) is 7.67. The van der Waals surface area contributed by atoms with Crippen molar-refractivity contribution in [2.24, 2.45) is 0 Å². The molecule has 4 rings (SSSR count). The minimum absolute atomic E-state index is 0.275. The van der Waals surface area contributed by atoms with E-state index >= 15 is 0 Å². The molecule has 112 valence electrons. The molecule has 0 radical (unpaired) electrons. The van der Waals surface area contributed by atoms with Crippen LogP contribution in [0, 0.1) is 0 Å². The molecule has 1 fully saturated rings. The second-order valence-corrected chi connectivity index (χ2v) is 6.91. The van der Waals surface area contributed by atoms with Gasteiger partial charge in [0.05, 0.1) is 0 Å². The highest BCUT2D eigenvalue weighted by Crippen LogP contribution is 2.38. The van der Waals surface area contributed by atoms with Gasteiger partial charge in [-0.15, -0.1) is 11.6 Å². The highest BCUT2D eigenvalue weighted by atomic mass is 35.5. The van der Waals surface area contributed by atoms with E-state index < -0.39 is 0 Å². The summed E-state index contributed by atoms with van der Waals surface area (Å²) in [7, 11) is 4.11. The van der Waals surface area contributed by atoms with Gasteiger partial charge in [0, 0.05) is 12.8 Å². The van der Waals surface area contributed by atoms with Crippen molar-refractivity contribution in [2.75, 3.05) is 27.2 Å². The summed E-state index contributed by atoms with van der Waals surface area (Å²) in [6, 6.07) is 13.0. The molecular weight excluding hydrogens is 280 g/mol. The maximum Gasteiger partial charge on any atom is 0.104 e. The first-order chi connectivity index (χ1) is 10.1. The van der Waals surface area contributed by atoms with Crippen molar-refractivity contribution in [3.05, 3.63) is 47.5 Å². The molecule has 2 nitrogen and oxygen atoms in total. The van der Waals surface area contributed by atoms with Crippen molar-refractivity contribution in [2.45, 2.75) is 24.3 Å². The summed E-state index contributed by atoms with van der Waals surface area (Å²) in [5.41, 5.74) is 2.74. The van der Waals surface area contributed by atoms with E-state index in [9.17, 15) is 0 Å². The monoisotopic (exact) mass is 302 g/mol. The minimum atomic E-state index is -0.275. The fraction of sp³-hybridized carbons (Fsp3) is 0.444. The molecule has 21 heavy (non-hydrogen) atoms. The largest absolute Gasteiger partial charge is 0.317 e. The lowest BCUT2D eigenvalue weighted by atomic mass is 9.85. The van der Waals surface area contributed by atoms with Gasteiger partial charge in [0.2, 0.25) is 0 Å². The van der Waals surface area contributed by atoms with Crippen LogP contribution in [0.15, 0.2) is 36.4 Å². The Hall–Kier alpha value is -1.09. The molecule has 0 aromatic heterocycles. The fourth-order valence-corrected chi connectivity index (χ4v) is 3.22. The van der Waals surface area contributed by atoms with Crippen LogP contribution in [0.4, 0.5) is 0 Å². The fourth-order valence-electron chi connectivity index (χ4n) is 2.94. The third kappa shape index (κ3) is 2.94. The number of benzene rings is 2. The quantitative estimate of drug-likeness (QED) is 0.641. The summed E-state index contributed by atoms with van der Waals surface area (Å²) in [5.74, 6) is 0. The maximum atomic E-state index is 6.75. The summed E-state index contributed by atoms with van der Waals surface area (Å²) in [6.45, 7) is 2.50. The van der Waals surface area contributed by atoms with Gasteiger partial charge in [0.15, 0.2) is 0 Å². The Balaban J connectivity index is 0.000000287. The molecule has 2 aromatic carbocycles. The molecule has 1 N–H and O–H groups in total. The van der Waals surface area contributed by atoms with E-state index in [1.807, 2.05) is 0 Å². The topological polar surface area (TPSA) is 15.3 Å². The van der Waals surface area contributed by atoms with Crippen LogP contribution in [-0.4, -0.2) is 37.1 Å². The smallest absolute Gasteiger partial charge is 0.104 e. The number of nitrogens with zero attached hydrogens (tertiary/aromatic N) is 1. The molecule has 3 heteroatoms. The predicted molar refractivity (Wildman–Crippen MR) is 91.1 cm³/mol. The lowest BCUT2D eigenvalue weighted by Crippen LogP contribution is -2.44. The minimum Gasteiger partial charge on any atom is -0.317 e.